The highest BCUT2D eigenvalue weighted by Gasteiger charge is 2.27. The van der Waals surface area contributed by atoms with E-state index in [0.29, 0.717) is 5.56 Å². The SMILES string of the molecule is CN(C(=O)OCc1ccccc1)[C@H](Cc1ccc(F)cc1)C(=O)O. The van der Waals surface area contributed by atoms with Gasteiger partial charge < -0.3 is 9.84 Å². The predicted molar refractivity (Wildman–Crippen MR) is 85.9 cm³/mol. The largest absolute Gasteiger partial charge is 0.480 e. The summed E-state index contributed by atoms with van der Waals surface area (Å²) >= 11 is 0. The first-order valence-corrected chi connectivity index (χ1v) is 7.38. The van der Waals surface area contributed by atoms with Gasteiger partial charge in [0.25, 0.3) is 0 Å². The summed E-state index contributed by atoms with van der Waals surface area (Å²) in [4.78, 5) is 24.6. The zero-order valence-corrected chi connectivity index (χ0v) is 13.2. The summed E-state index contributed by atoms with van der Waals surface area (Å²) in [6, 6.07) is 13.5. The number of nitrogens with zero attached hydrogens (tertiary/aromatic N) is 1. The summed E-state index contributed by atoms with van der Waals surface area (Å²) in [6.07, 6.45) is -0.666. The van der Waals surface area contributed by atoms with Crippen LogP contribution in [0.25, 0.3) is 0 Å². The third-order valence-electron chi connectivity index (χ3n) is 3.59. The fourth-order valence-electron chi connectivity index (χ4n) is 2.18. The van der Waals surface area contributed by atoms with Crippen molar-refractivity contribution < 1.29 is 23.8 Å². The Morgan fingerprint density at radius 2 is 1.71 bits per heavy atom. The third-order valence-corrected chi connectivity index (χ3v) is 3.59. The van der Waals surface area contributed by atoms with Crippen LogP contribution in [0.1, 0.15) is 11.1 Å². The molecule has 5 nitrogen and oxygen atoms in total. The van der Waals surface area contributed by atoms with Crippen LogP contribution in [-0.4, -0.2) is 35.2 Å². The quantitative estimate of drug-likeness (QED) is 0.883. The smallest absolute Gasteiger partial charge is 0.410 e. The van der Waals surface area contributed by atoms with Gasteiger partial charge in [-0.25, -0.2) is 14.0 Å². The van der Waals surface area contributed by atoms with Crippen molar-refractivity contribution in [2.45, 2.75) is 19.1 Å². The third kappa shape index (κ3) is 4.81. The highest BCUT2D eigenvalue weighted by Crippen LogP contribution is 2.12. The highest BCUT2D eigenvalue weighted by atomic mass is 19.1. The van der Waals surface area contributed by atoms with E-state index in [-0.39, 0.29) is 13.0 Å². The molecule has 0 aliphatic carbocycles. The topological polar surface area (TPSA) is 66.8 Å². The van der Waals surface area contributed by atoms with E-state index >= 15 is 0 Å². The Kier molecular flexibility index (Phi) is 5.89. The minimum Gasteiger partial charge on any atom is -0.480 e. The first-order valence-electron chi connectivity index (χ1n) is 7.38. The van der Waals surface area contributed by atoms with Gasteiger partial charge in [0.1, 0.15) is 18.5 Å². The number of aliphatic carboxylic acids is 1. The lowest BCUT2D eigenvalue weighted by molar-refractivity contribution is -0.142. The summed E-state index contributed by atoms with van der Waals surface area (Å²) in [5.74, 6) is -1.56. The highest BCUT2D eigenvalue weighted by molar-refractivity contribution is 5.80. The summed E-state index contributed by atoms with van der Waals surface area (Å²) in [5, 5.41) is 9.37. The Balaban J connectivity index is 1.99. The molecule has 1 N–H and O–H groups in total. The van der Waals surface area contributed by atoms with Gasteiger partial charge in [-0.3, -0.25) is 4.90 Å². The number of hydrogen-bond donors (Lipinski definition) is 1. The van der Waals surface area contributed by atoms with Crippen LogP contribution in [0.2, 0.25) is 0 Å². The number of carboxylic acid groups (broad SMARTS) is 1. The maximum absolute atomic E-state index is 12.9. The second-order valence-corrected chi connectivity index (χ2v) is 5.34. The molecule has 0 aromatic heterocycles. The van der Waals surface area contributed by atoms with Crippen molar-refractivity contribution in [1.29, 1.82) is 0 Å². The summed E-state index contributed by atoms with van der Waals surface area (Å²) < 4.78 is 18.1. The van der Waals surface area contributed by atoms with Crippen LogP contribution in [0, 0.1) is 5.82 Å². The molecule has 1 atom stereocenters. The van der Waals surface area contributed by atoms with Crippen molar-refractivity contribution >= 4 is 12.1 Å². The number of carbonyl (C=O) groups excluding carboxylic acids is 1. The van der Waals surface area contributed by atoms with Crippen molar-refractivity contribution in [1.82, 2.24) is 4.90 Å². The van der Waals surface area contributed by atoms with Gasteiger partial charge in [-0.15, -0.1) is 0 Å². The molecular formula is C18H18FNO4. The van der Waals surface area contributed by atoms with Gasteiger partial charge in [0.15, 0.2) is 0 Å². The minimum absolute atomic E-state index is 0.0621. The van der Waals surface area contributed by atoms with Crippen molar-refractivity contribution in [3.63, 3.8) is 0 Å². The number of carbonyl (C=O) groups is 2. The molecule has 0 spiro atoms. The number of ether oxygens (including phenoxy) is 1. The molecule has 0 bridgehead atoms. The van der Waals surface area contributed by atoms with E-state index in [1.807, 2.05) is 18.2 Å². The second kappa shape index (κ2) is 8.10. The average Bonchev–Trinajstić information content (AvgIpc) is 2.59. The van der Waals surface area contributed by atoms with Crippen LogP contribution < -0.4 is 0 Å². The van der Waals surface area contributed by atoms with E-state index in [1.165, 1.54) is 31.3 Å². The van der Waals surface area contributed by atoms with Crippen molar-refractivity contribution in [2.75, 3.05) is 7.05 Å². The van der Waals surface area contributed by atoms with Gasteiger partial charge in [0.05, 0.1) is 0 Å². The summed E-state index contributed by atoms with van der Waals surface area (Å²) in [7, 11) is 1.37. The minimum atomic E-state index is -1.15. The Bertz CT molecular complexity index is 688. The number of benzene rings is 2. The first-order chi connectivity index (χ1) is 11.5. The molecule has 2 rings (SSSR count). The molecule has 0 saturated heterocycles. The molecule has 0 unspecified atom stereocenters. The molecule has 2 aromatic carbocycles. The lowest BCUT2D eigenvalue weighted by Gasteiger charge is -2.24. The molecule has 2 aromatic rings. The molecule has 0 aliphatic heterocycles. The van der Waals surface area contributed by atoms with Crippen LogP contribution >= 0.6 is 0 Å². The van der Waals surface area contributed by atoms with Crippen LogP contribution in [0.4, 0.5) is 9.18 Å². The number of likely N-dealkylation sites (N-methyl/N-ethyl adjacent to an activating group) is 1. The molecule has 0 fully saturated rings. The molecule has 6 heteroatoms. The van der Waals surface area contributed by atoms with Crippen LogP contribution in [0.15, 0.2) is 54.6 Å². The van der Waals surface area contributed by atoms with E-state index in [2.05, 4.69) is 0 Å². The lowest BCUT2D eigenvalue weighted by Crippen LogP contribution is -2.44. The first kappa shape index (κ1) is 17.5. The van der Waals surface area contributed by atoms with Crippen LogP contribution in [0.3, 0.4) is 0 Å². The van der Waals surface area contributed by atoms with Crippen LogP contribution in [0.5, 0.6) is 0 Å². The van der Waals surface area contributed by atoms with Gasteiger partial charge in [0.2, 0.25) is 0 Å². The molecule has 0 heterocycles. The normalized spacial score (nSPS) is 11.6. The maximum Gasteiger partial charge on any atom is 0.410 e. The standard InChI is InChI=1S/C18H18FNO4/c1-20(18(23)24-12-14-5-3-2-4-6-14)16(17(21)22)11-13-7-9-15(19)10-8-13/h2-10,16H,11-12H2,1H3,(H,21,22)/t16-/m1/s1. The summed E-state index contributed by atoms with van der Waals surface area (Å²) in [6.45, 7) is 0.0624. The van der Waals surface area contributed by atoms with Crippen molar-refractivity contribution in [3.8, 4) is 0 Å². The number of carboxylic acids is 1. The number of halogens is 1. The van der Waals surface area contributed by atoms with Gasteiger partial charge >= 0.3 is 12.1 Å². The molecular weight excluding hydrogens is 313 g/mol. The predicted octanol–water partition coefficient (Wildman–Crippen LogP) is 3.09. The van der Waals surface area contributed by atoms with Crippen molar-refractivity contribution in [3.05, 3.63) is 71.5 Å². The van der Waals surface area contributed by atoms with E-state index < -0.39 is 23.9 Å². The van der Waals surface area contributed by atoms with Gasteiger partial charge in [-0.2, -0.15) is 0 Å². The maximum atomic E-state index is 12.9. The molecule has 126 valence electrons. The molecule has 24 heavy (non-hydrogen) atoms. The molecule has 0 aliphatic rings. The van der Waals surface area contributed by atoms with Gasteiger partial charge in [-0.1, -0.05) is 42.5 Å². The lowest BCUT2D eigenvalue weighted by atomic mass is 10.1. The molecule has 1 amide bonds. The van der Waals surface area contributed by atoms with Gasteiger partial charge in [-0.05, 0) is 23.3 Å². The molecule has 0 saturated carbocycles. The second-order valence-electron chi connectivity index (χ2n) is 5.34. The molecule has 0 radical (unpaired) electrons. The summed E-state index contributed by atoms with van der Waals surface area (Å²) in [5.41, 5.74) is 1.43. The van der Waals surface area contributed by atoms with E-state index in [9.17, 15) is 19.1 Å². The monoisotopic (exact) mass is 331 g/mol. The van der Waals surface area contributed by atoms with E-state index in [1.54, 1.807) is 12.1 Å². The Morgan fingerprint density at radius 1 is 1.08 bits per heavy atom. The number of rotatable bonds is 6. The zero-order chi connectivity index (χ0) is 17.5. The zero-order valence-electron chi connectivity index (χ0n) is 13.2. The Hall–Kier alpha value is -2.89. The van der Waals surface area contributed by atoms with Gasteiger partial charge in [0, 0.05) is 13.5 Å². The Morgan fingerprint density at radius 3 is 2.29 bits per heavy atom. The fourth-order valence-corrected chi connectivity index (χ4v) is 2.18. The van der Waals surface area contributed by atoms with E-state index in [4.69, 9.17) is 4.74 Å². The Labute approximate surface area is 139 Å². The van der Waals surface area contributed by atoms with E-state index in [0.717, 1.165) is 10.5 Å². The fraction of sp³-hybridized carbons (Fsp3) is 0.222. The number of hydrogen-bond acceptors (Lipinski definition) is 3. The van der Waals surface area contributed by atoms with Crippen LogP contribution in [-0.2, 0) is 22.6 Å². The van der Waals surface area contributed by atoms with Crippen molar-refractivity contribution in [2.24, 2.45) is 0 Å². The average molecular weight is 331 g/mol. The number of amides is 1.